The van der Waals surface area contributed by atoms with E-state index in [9.17, 15) is 5.11 Å². The van der Waals surface area contributed by atoms with Gasteiger partial charge in [-0.3, -0.25) is 0 Å². The van der Waals surface area contributed by atoms with Crippen molar-refractivity contribution in [2.75, 3.05) is 13.1 Å². The topological polar surface area (TPSA) is 23.5 Å². The normalized spacial score (nSPS) is 13.3. The molecule has 1 aromatic rings. The third kappa shape index (κ3) is 4.43. The molecule has 0 aliphatic heterocycles. The fourth-order valence-electron chi connectivity index (χ4n) is 2.44. The Kier molecular flexibility index (Phi) is 5.83. The van der Waals surface area contributed by atoms with Crippen LogP contribution in [0, 0.1) is 13.8 Å². The van der Waals surface area contributed by atoms with E-state index in [1.54, 1.807) is 0 Å². The first-order valence-corrected chi connectivity index (χ1v) is 6.94. The van der Waals surface area contributed by atoms with Gasteiger partial charge in [0.05, 0.1) is 6.10 Å². The molecule has 0 aromatic heterocycles. The van der Waals surface area contributed by atoms with Crippen molar-refractivity contribution in [2.24, 2.45) is 0 Å². The molecule has 1 rings (SSSR count). The van der Waals surface area contributed by atoms with Crippen LogP contribution in [0.3, 0.4) is 0 Å². The van der Waals surface area contributed by atoms with Crippen LogP contribution < -0.4 is 0 Å². The summed E-state index contributed by atoms with van der Waals surface area (Å²) in [5.74, 6) is 0. The third-order valence-electron chi connectivity index (χ3n) is 3.46. The second kappa shape index (κ2) is 6.91. The highest BCUT2D eigenvalue weighted by molar-refractivity contribution is 5.29. The van der Waals surface area contributed by atoms with E-state index in [0.29, 0.717) is 6.04 Å². The van der Waals surface area contributed by atoms with E-state index in [2.05, 4.69) is 57.7 Å². The van der Waals surface area contributed by atoms with Gasteiger partial charge in [-0.25, -0.2) is 0 Å². The summed E-state index contributed by atoms with van der Waals surface area (Å²) in [6, 6.07) is 6.86. The maximum atomic E-state index is 10.3. The summed E-state index contributed by atoms with van der Waals surface area (Å²) < 4.78 is 0. The first-order chi connectivity index (χ1) is 8.43. The third-order valence-corrected chi connectivity index (χ3v) is 3.46. The molecular formula is C16H27NO. The minimum absolute atomic E-state index is 0.351. The van der Waals surface area contributed by atoms with E-state index < -0.39 is 0 Å². The van der Waals surface area contributed by atoms with E-state index in [-0.39, 0.29) is 6.10 Å². The standard InChI is InChI=1S/C16H27NO/c1-6-17(12(2)3)8-7-16(18)15-10-13(4)9-14(5)11-15/h9-12,16,18H,6-8H2,1-5H3. The zero-order chi connectivity index (χ0) is 13.7. The Balaban J connectivity index is 2.62. The van der Waals surface area contributed by atoms with Crippen LogP contribution in [-0.4, -0.2) is 29.1 Å². The van der Waals surface area contributed by atoms with Crippen molar-refractivity contribution in [3.63, 3.8) is 0 Å². The van der Waals surface area contributed by atoms with E-state index in [4.69, 9.17) is 0 Å². The van der Waals surface area contributed by atoms with Crippen LogP contribution >= 0.6 is 0 Å². The Labute approximate surface area is 112 Å². The maximum absolute atomic E-state index is 10.3. The van der Waals surface area contributed by atoms with Gasteiger partial charge in [0.15, 0.2) is 0 Å². The highest BCUT2D eigenvalue weighted by Crippen LogP contribution is 2.20. The Hall–Kier alpha value is -0.860. The number of hydrogen-bond donors (Lipinski definition) is 1. The van der Waals surface area contributed by atoms with Gasteiger partial charge < -0.3 is 10.0 Å². The van der Waals surface area contributed by atoms with Crippen LogP contribution in [0.2, 0.25) is 0 Å². The number of hydrogen-bond acceptors (Lipinski definition) is 2. The zero-order valence-corrected chi connectivity index (χ0v) is 12.4. The summed E-state index contributed by atoms with van der Waals surface area (Å²) >= 11 is 0. The lowest BCUT2D eigenvalue weighted by Gasteiger charge is -2.26. The average Bonchev–Trinajstić information content (AvgIpc) is 2.27. The molecule has 1 unspecified atom stereocenters. The summed E-state index contributed by atoms with van der Waals surface area (Å²) in [5, 5.41) is 10.3. The molecule has 0 amide bonds. The number of aliphatic hydroxyl groups is 1. The van der Waals surface area contributed by atoms with Gasteiger partial charge in [-0.1, -0.05) is 36.2 Å². The molecule has 1 aromatic carbocycles. The lowest BCUT2D eigenvalue weighted by Crippen LogP contribution is -2.32. The van der Waals surface area contributed by atoms with E-state index in [1.807, 2.05) is 0 Å². The summed E-state index contributed by atoms with van der Waals surface area (Å²) in [5.41, 5.74) is 3.49. The predicted molar refractivity (Wildman–Crippen MR) is 77.9 cm³/mol. The van der Waals surface area contributed by atoms with Crippen molar-refractivity contribution in [3.05, 3.63) is 34.9 Å². The lowest BCUT2D eigenvalue weighted by atomic mass is 10.0. The molecule has 1 N–H and O–H groups in total. The average molecular weight is 249 g/mol. The molecule has 0 heterocycles. The molecule has 2 nitrogen and oxygen atoms in total. The molecule has 102 valence electrons. The molecule has 0 radical (unpaired) electrons. The number of aryl methyl sites for hydroxylation is 2. The first-order valence-electron chi connectivity index (χ1n) is 6.94. The molecule has 0 aliphatic rings. The quantitative estimate of drug-likeness (QED) is 0.834. The monoisotopic (exact) mass is 249 g/mol. The van der Waals surface area contributed by atoms with Crippen molar-refractivity contribution in [3.8, 4) is 0 Å². The molecule has 0 bridgehead atoms. The van der Waals surface area contributed by atoms with Crippen LogP contribution in [0.1, 0.15) is 50.0 Å². The molecule has 2 heteroatoms. The van der Waals surface area contributed by atoms with Crippen molar-refractivity contribution < 1.29 is 5.11 Å². The number of aliphatic hydroxyl groups excluding tert-OH is 1. The first kappa shape index (κ1) is 15.2. The molecule has 0 aliphatic carbocycles. The molecule has 0 fully saturated rings. The van der Waals surface area contributed by atoms with Crippen LogP contribution in [0.25, 0.3) is 0 Å². The van der Waals surface area contributed by atoms with Crippen molar-refractivity contribution in [1.29, 1.82) is 0 Å². The Morgan fingerprint density at radius 1 is 1.11 bits per heavy atom. The molecule has 0 saturated carbocycles. The summed E-state index contributed by atoms with van der Waals surface area (Å²) in [6.45, 7) is 12.7. The Morgan fingerprint density at radius 2 is 1.67 bits per heavy atom. The lowest BCUT2D eigenvalue weighted by molar-refractivity contribution is 0.133. The van der Waals surface area contributed by atoms with E-state index in [0.717, 1.165) is 25.1 Å². The summed E-state index contributed by atoms with van der Waals surface area (Å²) in [6.07, 6.45) is 0.450. The minimum Gasteiger partial charge on any atom is -0.388 e. The predicted octanol–water partition coefficient (Wildman–Crippen LogP) is 3.46. The fraction of sp³-hybridized carbons (Fsp3) is 0.625. The minimum atomic E-state index is -0.351. The number of benzene rings is 1. The molecule has 18 heavy (non-hydrogen) atoms. The highest BCUT2D eigenvalue weighted by Gasteiger charge is 2.12. The van der Waals surface area contributed by atoms with Gasteiger partial charge in [0.25, 0.3) is 0 Å². The van der Waals surface area contributed by atoms with Crippen LogP contribution in [0.15, 0.2) is 18.2 Å². The van der Waals surface area contributed by atoms with Crippen molar-refractivity contribution >= 4 is 0 Å². The van der Waals surface area contributed by atoms with Gasteiger partial charge in [-0.15, -0.1) is 0 Å². The molecule has 0 spiro atoms. The smallest absolute Gasteiger partial charge is 0.0802 e. The number of nitrogens with zero attached hydrogens (tertiary/aromatic N) is 1. The van der Waals surface area contributed by atoms with Crippen molar-refractivity contribution in [2.45, 2.75) is 53.2 Å². The zero-order valence-electron chi connectivity index (χ0n) is 12.4. The van der Waals surface area contributed by atoms with Gasteiger partial charge >= 0.3 is 0 Å². The van der Waals surface area contributed by atoms with Gasteiger partial charge in [-0.2, -0.15) is 0 Å². The highest BCUT2D eigenvalue weighted by atomic mass is 16.3. The van der Waals surface area contributed by atoms with Gasteiger partial charge in [0.2, 0.25) is 0 Å². The molecular weight excluding hydrogens is 222 g/mol. The Morgan fingerprint density at radius 3 is 2.11 bits per heavy atom. The van der Waals surface area contributed by atoms with E-state index in [1.165, 1.54) is 11.1 Å². The van der Waals surface area contributed by atoms with Crippen LogP contribution in [0.4, 0.5) is 0 Å². The Bertz CT molecular complexity index is 353. The largest absolute Gasteiger partial charge is 0.388 e. The van der Waals surface area contributed by atoms with Crippen molar-refractivity contribution in [1.82, 2.24) is 4.90 Å². The maximum Gasteiger partial charge on any atom is 0.0802 e. The second-order valence-electron chi connectivity index (χ2n) is 5.45. The van der Waals surface area contributed by atoms with Gasteiger partial charge in [0.1, 0.15) is 0 Å². The molecule has 1 atom stereocenters. The fourth-order valence-corrected chi connectivity index (χ4v) is 2.44. The van der Waals surface area contributed by atoms with E-state index >= 15 is 0 Å². The number of rotatable bonds is 6. The SMILES string of the molecule is CCN(CCC(O)c1cc(C)cc(C)c1)C(C)C. The van der Waals surface area contributed by atoms with Gasteiger partial charge in [-0.05, 0) is 46.2 Å². The molecule has 0 saturated heterocycles. The summed E-state index contributed by atoms with van der Waals surface area (Å²) in [7, 11) is 0. The van der Waals surface area contributed by atoms with Gasteiger partial charge in [0, 0.05) is 12.6 Å². The second-order valence-corrected chi connectivity index (χ2v) is 5.45. The van der Waals surface area contributed by atoms with Crippen LogP contribution in [0.5, 0.6) is 0 Å². The van der Waals surface area contributed by atoms with Crippen LogP contribution in [-0.2, 0) is 0 Å². The summed E-state index contributed by atoms with van der Waals surface area (Å²) in [4.78, 5) is 2.38.